The molecule has 2 aromatic rings. The molecule has 0 saturated carbocycles. The van der Waals surface area contributed by atoms with E-state index in [1.807, 2.05) is 0 Å². The fourth-order valence-corrected chi connectivity index (χ4v) is 1.89. The molecule has 0 aliphatic heterocycles. The summed E-state index contributed by atoms with van der Waals surface area (Å²) in [4.78, 5) is 19.3. The van der Waals surface area contributed by atoms with E-state index in [1.165, 1.54) is 21.3 Å². The van der Waals surface area contributed by atoms with Crippen molar-refractivity contribution in [3.05, 3.63) is 35.9 Å². The molecule has 6 nitrogen and oxygen atoms in total. The third-order valence-corrected chi connectivity index (χ3v) is 2.89. The van der Waals surface area contributed by atoms with Crippen molar-refractivity contribution in [3.8, 4) is 17.2 Å². The van der Waals surface area contributed by atoms with E-state index in [9.17, 15) is 4.79 Å². The molecule has 0 aliphatic carbocycles. The van der Waals surface area contributed by atoms with Crippen molar-refractivity contribution in [2.75, 3.05) is 21.3 Å². The van der Waals surface area contributed by atoms with Crippen molar-refractivity contribution in [2.45, 2.75) is 6.42 Å². The van der Waals surface area contributed by atoms with Gasteiger partial charge in [-0.25, -0.2) is 4.98 Å². The lowest BCUT2D eigenvalue weighted by atomic mass is 10.1. The lowest BCUT2D eigenvalue weighted by molar-refractivity contribution is 0.0987. The summed E-state index contributed by atoms with van der Waals surface area (Å²) < 4.78 is 15.6. The molecule has 6 heteroatoms. The van der Waals surface area contributed by atoms with Gasteiger partial charge >= 0.3 is 0 Å². The Morgan fingerprint density at radius 3 is 2.30 bits per heavy atom. The van der Waals surface area contributed by atoms with Crippen LogP contribution in [0.3, 0.4) is 0 Å². The standard InChI is InChI=1S/C14H16N2O4/c1-18-11-8-13(20-3)12(19-2)6-9(11)10(17)7-14-15-4-5-16-14/h4-6,8H,7H2,1-3H3,(H,15,16). The average Bonchev–Trinajstić information content (AvgIpc) is 2.98. The molecule has 0 fully saturated rings. The van der Waals surface area contributed by atoms with Gasteiger partial charge in [0.1, 0.15) is 11.6 Å². The molecule has 0 atom stereocenters. The van der Waals surface area contributed by atoms with Crippen LogP contribution >= 0.6 is 0 Å². The zero-order valence-corrected chi connectivity index (χ0v) is 11.6. The molecule has 20 heavy (non-hydrogen) atoms. The van der Waals surface area contributed by atoms with E-state index in [1.54, 1.807) is 24.5 Å². The normalized spacial score (nSPS) is 10.2. The molecule has 1 N–H and O–H groups in total. The zero-order chi connectivity index (χ0) is 14.5. The van der Waals surface area contributed by atoms with Crippen LogP contribution in [0.4, 0.5) is 0 Å². The first kappa shape index (κ1) is 13.9. The van der Waals surface area contributed by atoms with Gasteiger partial charge in [-0.05, 0) is 6.07 Å². The quantitative estimate of drug-likeness (QED) is 0.815. The second kappa shape index (κ2) is 6.10. The molecular weight excluding hydrogens is 260 g/mol. The number of rotatable bonds is 6. The van der Waals surface area contributed by atoms with E-state index in [0.717, 1.165) is 0 Å². The number of Topliss-reactive ketones (excluding diaryl/α,β-unsaturated/α-hetero) is 1. The number of ether oxygens (including phenoxy) is 3. The summed E-state index contributed by atoms with van der Waals surface area (Å²) >= 11 is 0. The number of ketones is 1. The number of aromatic nitrogens is 2. The molecule has 0 radical (unpaired) electrons. The van der Waals surface area contributed by atoms with E-state index < -0.39 is 0 Å². The van der Waals surface area contributed by atoms with Crippen molar-refractivity contribution < 1.29 is 19.0 Å². The maximum Gasteiger partial charge on any atom is 0.174 e. The first-order chi connectivity index (χ1) is 9.69. The Hall–Kier alpha value is -2.50. The van der Waals surface area contributed by atoms with Crippen LogP contribution in [0.25, 0.3) is 0 Å². The van der Waals surface area contributed by atoms with Crippen LogP contribution in [0.15, 0.2) is 24.5 Å². The highest BCUT2D eigenvalue weighted by atomic mass is 16.5. The molecule has 2 rings (SSSR count). The van der Waals surface area contributed by atoms with E-state index in [0.29, 0.717) is 28.6 Å². The summed E-state index contributed by atoms with van der Waals surface area (Å²) in [7, 11) is 4.55. The SMILES string of the molecule is COc1cc(OC)c(C(=O)Cc2ncc[nH]2)cc1OC. The third kappa shape index (κ3) is 2.74. The van der Waals surface area contributed by atoms with Gasteiger partial charge in [0.25, 0.3) is 0 Å². The Labute approximate surface area is 116 Å². The van der Waals surface area contributed by atoms with Crippen LogP contribution in [0.2, 0.25) is 0 Å². The molecule has 1 aromatic heterocycles. The maximum atomic E-state index is 12.3. The second-order valence-electron chi connectivity index (χ2n) is 4.04. The minimum atomic E-state index is -0.113. The second-order valence-corrected chi connectivity index (χ2v) is 4.04. The van der Waals surface area contributed by atoms with Gasteiger partial charge in [-0.15, -0.1) is 0 Å². The van der Waals surface area contributed by atoms with Gasteiger partial charge in [0.15, 0.2) is 17.3 Å². The highest BCUT2D eigenvalue weighted by molar-refractivity contribution is 6.00. The summed E-state index contributed by atoms with van der Waals surface area (Å²) in [6.07, 6.45) is 3.45. The first-order valence-electron chi connectivity index (χ1n) is 6.01. The lowest BCUT2D eigenvalue weighted by Gasteiger charge is -2.13. The fraction of sp³-hybridized carbons (Fsp3) is 0.286. The van der Waals surface area contributed by atoms with Crippen LogP contribution in [-0.2, 0) is 6.42 Å². The van der Waals surface area contributed by atoms with Crippen molar-refractivity contribution in [1.29, 1.82) is 0 Å². The molecule has 0 bridgehead atoms. The number of methoxy groups -OCH3 is 3. The summed E-state index contributed by atoms with van der Waals surface area (Å²) in [5.74, 6) is 1.93. The summed E-state index contributed by atoms with van der Waals surface area (Å²) in [5.41, 5.74) is 0.432. The number of imidazole rings is 1. The smallest absolute Gasteiger partial charge is 0.174 e. The van der Waals surface area contributed by atoms with Crippen molar-refractivity contribution in [1.82, 2.24) is 9.97 Å². The predicted octanol–water partition coefficient (Wildman–Crippen LogP) is 1.86. The van der Waals surface area contributed by atoms with Gasteiger partial charge in [0.05, 0.1) is 33.3 Å². The minimum absolute atomic E-state index is 0.113. The van der Waals surface area contributed by atoms with Gasteiger partial charge in [0, 0.05) is 18.5 Å². The number of nitrogens with zero attached hydrogens (tertiary/aromatic N) is 1. The predicted molar refractivity (Wildman–Crippen MR) is 72.7 cm³/mol. The highest BCUT2D eigenvalue weighted by Crippen LogP contribution is 2.35. The Kier molecular flexibility index (Phi) is 4.24. The number of benzene rings is 1. The van der Waals surface area contributed by atoms with E-state index in [-0.39, 0.29) is 12.2 Å². The Morgan fingerprint density at radius 2 is 1.75 bits per heavy atom. The summed E-state index contributed by atoms with van der Waals surface area (Å²) in [5, 5.41) is 0. The van der Waals surface area contributed by atoms with Crippen molar-refractivity contribution in [3.63, 3.8) is 0 Å². The average molecular weight is 276 g/mol. The molecule has 0 unspecified atom stereocenters. The largest absolute Gasteiger partial charge is 0.496 e. The topological polar surface area (TPSA) is 73.4 Å². The zero-order valence-electron chi connectivity index (χ0n) is 11.6. The lowest BCUT2D eigenvalue weighted by Crippen LogP contribution is -2.08. The Bertz CT molecular complexity index is 593. The number of aromatic amines is 1. The number of carbonyl (C=O) groups is 1. The third-order valence-electron chi connectivity index (χ3n) is 2.89. The highest BCUT2D eigenvalue weighted by Gasteiger charge is 2.18. The molecule has 0 amide bonds. The van der Waals surface area contributed by atoms with Crippen LogP contribution in [-0.4, -0.2) is 37.1 Å². The Balaban J connectivity index is 2.36. The summed E-state index contributed by atoms with van der Waals surface area (Å²) in [6, 6.07) is 3.25. The van der Waals surface area contributed by atoms with Crippen molar-refractivity contribution >= 4 is 5.78 Å². The first-order valence-corrected chi connectivity index (χ1v) is 6.01. The number of nitrogens with one attached hydrogen (secondary N) is 1. The van der Waals surface area contributed by atoms with E-state index in [2.05, 4.69) is 9.97 Å². The van der Waals surface area contributed by atoms with E-state index in [4.69, 9.17) is 14.2 Å². The van der Waals surface area contributed by atoms with E-state index >= 15 is 0 Å². The molecular formula is C14H16N2O4. The molecule has 0 aliphatic rings. The minimum Gasteiger partial charge on any atom is -0.496 e. The summed E-state index contributed by atoms with van der Waals surface area (Å²) in [6.45, 7) is 0. The number of carbonyl (C=O) groups excluding carboxylic acids is 1. The Morgan fingerprint density at radius 1 is 1.10 bits per heavy atom. The molecule has 1 aromatic carbocycles. The fourth-order valence-electron chi connectivity index (χ4n) is 1.89. The van der Waals surface area contributed by atoms with Crippen LogP contribution in [0, 0.1) is 0 Å². The van der Waals surface area contributed by atoms with Gasteiger partial charge < -0.3 is 19.2 Å². The number of hydrogen-bond acceptors (Lipinski definition) is 5. The van der Waals surface area contributed by atoms with Gasteiger partial charge in [-0.3, -0.25) is 4.79 Å². The van der Waals surface area contributed by atoms with Crippen LogP contribution in [0.1, 0.15) is 16.2 Å². The van der Waals surface area contributed by atoms with Crippen LogP contribution in [0.5, 0.6) is 17.2 Å². The molecule has 0 spiro atoms. The number of hydrogen-bond donors (Lipinski definition) is 1. The van der Waals surface area contributed by atoms with Crippen LogP contribution < -0.4 is 14.2 Å². The molecule has 0 saturated heterocycles. The van der Waals surface area contributed by atoms with Crippen molar-refractivity contribution in [2.24, 2.45) is 0 Å². The maximum absolute atomic E-state index is 12.3. The monoisotopic (exact) mass is 276 g/mol. The molecule has 1 heterocycles. The van der Waals surface area contributed by atoms with Gasteiger partial charge in [-0.2, -0.15) is 0 Å². The molecule has 106 valence electrons. The number of H-pyrrole nitrogens is 1. The van der Waals surface area contributed by atoms with Gasteiger partial charge in [0.2, 0.25) is 0 Å². The van der Waals surface area contributed by atoms with Gasteiger partial charge in [-0.1, -0.05) is 0 Å².